The predicted octanol–water partition coefficient (Wildman–Crippen LogP) is 3.93. The van der Waals surface area contributed by atoms with Crippen LogP contribution in [0.5, 0.6) is 17.2 Å². The summed E-state index contributed by atoms with van der Waals surface area (Å²) in [5.41, 5.74) is 1.84. The number of thiocarbonyl (C=S) groups is 1. The Labute approximate surface area is 157 Å². The molecule has 0 aliphatic carbocycles. The first-order valence-corrected chi connectivity index (χ1v) is 9.00. The SMILES string of the molecule is CCCC(C=Cc1cc(OC)c(OC)c(OC)c1)=C1SC(=S)NC1=O. The molecule has 0 unspecified atom stereocenters. The minimum atomic E-state index is -0.131. The van der Waals surface area contributed by atoms with Gasteiger partial charge in [-0.15, -0.1) is 0 Å². The van der Waals surface area contributed by atoms with Crippen molar-refractivity contribution in [2.45, 2.75) is 19.8 Å². The van der Waals surface area contributed by atoms with Gasteiger partial charge in [-0.05, 0) is 29.7 Å². The van der Waals surface area contributed by atoms with Crippen LogP contribution in [-0.4, -0.2) is 31.6 Å². The summed E-state index contributed by atoms with van der Waals surface area (Å²) >= 11 is 6.38. The van der Waals surface area contributed by atoms with E-state index in [0.29, 0.717) is 26.5 Å². The highest BCUT2D eigenvalue weighted by molar-refractivity contribution is 8.26. The van der Waals surface area contributed by atoms with Crippen molar-refractivity contribution in [2.24, 2.45) is 0 Å². The number of carbonyl (C=O) groups is 1. The van der Waals surface area contributed by atoms with E-state index >= 15 is 0 Å². The second-order valence-electron chi connectivity index (χ2n) is 5.24. The zero-order chi connectivity index (χ0) is 18.4. The van der Waals surface area contributed by atoms with Crippen LogP contribution in [0.4, 0.5) is 0 Å². The Balaban J connectivity index is 2.40. The Morgan fingerprint density at radius 3 is 2.28 bits per heavy atom. The summed E-state index contributed by atoms with van der Waals surface area (Å²) in [7, 11) is 4.73. The predicted molar refractivity (Wildman–Crippen MR) is 105 cm³/mol. The molecule has 2 rings (SSSR count). The number of rotatable bonds is 7. The highest BCUT2D eigenvalue weighted by Crippen LogP contribution is 2.39. The summed E-state index contributed by atoms with van der Waals surface area (Å²) in [5.74, 6) is 1.58. The third kappa shape index (κ3) is 4.55. The van der Waals surface area contributed by atoms with Gasteiger partial charge in [0.1, 0.15) is 4.32 Å². The molecule has 0 spiro atoms. The third-order valence-electron chi connectivity index (χ3n) is 3.59. The molecule has 1 heterocycles. The lowest BCUT2D eigenvalue weighted by Crippen LogP contribution is -2.18. The van der Waals surface area contributed by atoms with Gasteiger partial charge < -0.3 is 19.5 Å². The van der Waals surface area contributed by atoms with Crippen LogP contribution in [0, 0.1) is 0 Å². The van der Waals surface area contributed by atoms with E-state index in [-0.39, 0.29) is 5.91 Å². The van der Waals surface area contributed by atoms with Gasteiger partial charge >= 0.3 is 0 Å². The first-order valence-electron chi connectivity index (χ1n) is 7.78. The van der Waals surface area contributed by atoms with Crippen molar-refractivity contribution in [3.8, 4) is 17.2 Å². The van der Waals surface area contributed by atoms with E-state index in [1.807, 2.05) is 24.3 Å². The van der Waals surface area contributed by atoms with Crippen LogP contribution < -0.4 is 19.5 Å². The second-order valence-corrected chi connectivity index (χ2v) is 6.93. The van der Waals surface area contributed by atoms with Crippen molar-refractivity contribution in [1.29, 1.82) is 0 Å². The van der Waals surface area contributed by atoms with Gasteiger partial charge in [-0.25, -0.2) is 0 Å². The number of ether oxygens (including phenoxy) is 3. The molecule has 1 aliphatic rings. The quantitative estimate of drug-likeness (QED) is 0.572. The molecule has 134 valence electrons. The molecular weight excluding hydrogens is 358 g/mol. The van der Waals surface area contributed by atoms with Crippen LogP contribution >= 0.6 is 24.0 Å². The van der Waals surface area contributed by atoms with Gasteiger partial charge in [0.05, 0.1) is 26.2 Å². The number of hydrogen-bond donors (Lipinski definition) is 1. The van der Waals surface area contributed by atoms with E-state index < -0.39 is 0 Å². The molecule has 1 amide bonds. The Kier molecular flexibility index (Phi) is 6.90. The van der Waals surface area contributed by atoms with Crippen molar-refractivity contribution in [3.63, 3.8) is 0 Å². The normalized spacial score (nSPS) is 16.2. The highest BCUT2D eigenvalue weighted by atomic mass is 32.2. The molecule has 1 saturated heterocycles. The van der Waals surface area contributed by atoms with E-state index in [9.17, 15) is 4.79 Å². The van der Waals surface area contributed by atoms with Gasteiger partial charge in [0.25, 0.3) is 5.91 Å². The second kappa shape index (κ2) is 8.92. The summed E-state index contributed by atoms with van der Waals surface area (Å²) in [5, 5.41) is 2.66. The molecule has 1 aromatic carbocycles. The number of amides is 1. The number of nitrogens with one attached hydrogen (secondary N) is 1. The van der Waals surface area contributed by atoms with Crippen molar-refractivity contribution in [2.75, 3.05) is 21.3 Å². The monoisotopic (exact) mass is 379 g/mol. The lowest BCUT2D eigenvalue weighted by atomic mass is 10.1. The average molecular weight is 380 g/mol. The minimum Gasteiger partial charge on any atom is -0.493 e. The fourth-order valence-electron chi connectivity index (χ4n) is 2.46. The van der Waals surface area contributed by atoms with Gasteiger partial charge in [-0.2, -0.15) is 0 Å². The fourth-order valence-corrected chi connectivity index (χ4v) is 3.58. The molecule has 0 radical (unpaired) electrons. The average Bonchev–Trinajstić information content (AvgIpc) is 2.95. The Morgan fingerprint density at radius 1 is 1.20 bits per heavy atom. The number of thioether (sulfide) groups is 1. The molecule has 1 N–H and O–H groups in total. The standard InChI is InChI=1S/C18H21NO4S2/c1-5-6-12(16-17(20)19-18(24)25-16)8-7-11-9-13(21-2)15(23-4)14(10-11)22-3/h7-10H,5-6H2,1-4H3,(H,19,20,24). The van der Waals surface area contributed by atoms with Crippen molar-refractivity contribution in [1.82, 2.24) is 5.32 Å². The summed E-state index contributed by atoms with van der Waals surface area (Å²) in [6.45, 7) is 2.07. The minimum absolute atomic E-state index is 0.131. The van der Waals surface area contributed by atoms with E-state index in [4.69, 9.17) is 26.4 Å². The third-order valence-corrected chi connectivity index (χ3v) is 4.88. The largest absolute Gasteiger partial charge is 0.493 e. The maximum absolute atomic E-state index is 12.0. The molecule has 5 nitrogen and oxygen atoms in total. The molecular formula is C18H21NO4S2. The van der Waals surface area contributed by atoms with Gasteiger partial charge in [0.2, 0.25) is 5.75 Å². The van der Waals surface area contributed by atoms with Crippen LogP contribution in [0.25, 0.3) is 6.08 Å². The summed E-state index contributed by atoms with van der Waals surface area (Å²) < 4.78 is 16.6. The number of allylic oxidation sites excluding steroid dienone is 2. The van der Waals surface area contributed by atoms with Crippen molar-refractivity contribution in [3.05, 3.63) is 34.3 Å². The first-order chi connectivity index (χ1) is 12.0. The molecule has 0 atom stereocenters. The lowest BCUT2D eigenvalue weighted by molar-refractivity contribution is -0.115. The van der Waals surface area contributed by atoms with Gasteiger partial charge in [-0.3, -0.25) is 4.79 Å². The number of methoxy groups -OCH3 is 3. The highest BCUT2D eigenvalue weighted by Gasteiger charge is 2.24. The maximum atomic E-state index is 12.0. The Hall–Kier alpha value is -1.99. The zero-order valence-electron chi connectivity index (χ0n) is 14.7. The molecule has 1 aromatic rings. The molecule has 0 saturated carbocycles. The summed E-state index contributed by atoms with van der Waals surface area (Å²) in [6, 6.07) is 3.72. The van der Waals surface area contributed by atoms with E-state index in [1.54, 1.807) is 21.3 Å². The lowest BCUT2D eigenvalue weighted by Gasteiger charge is -2.13. The van der Waals surface area contributed by atoms with Crippen LogP contribution in [0.15, 0.2) is 28.7 Å². The van der Waals surface area contributed by atoms with Gasteiger partial charge in [0.15, 0.2) is 11.5 Å². The van der Waals surface area contributed by atoms with Crippen LogP contribution in [0.1, 0.15) is 25.3 Å². The molecule has 0 aromatic heterocycles. The summed E-state index contributed by atoms with van der Waals surface area (Å²) in [4.78, 5) is 12.7. The van der Waals surface area contributed by atoms with Gasteiger partial charge in [-0.1, -0.05) is 49.5 Å². The Bertz CT molecular complexity index is 716. The smallest absolute Gasteiger partial charge is 0.263 e. The Morgan fingerprint density at radius 2 is 1.84 bits per heavy atom. The molecule has 1 aliphatic heterocycles. The molecule has 7 heteroatoms. The topological polar surface area (TPSA) is 56.8 Å². The maximum Gasteiger partial charge on any atom is 0.263 e. The summed E-state index contributed by atoms with van der Waals surface area (Å²) in [6.07, 6.45) is 5.59. The number of hydrogen-bond acceptors (Lipinski definition) is 6. The van der Waals surface area contributed by atoms with Crippen LogP contribution in [0.2, 0.25) is 0 Å². The van der Waals surface area contributed by atoms with Gasteiger partial charge in [0, 0.05) is 0 Å². The van der Waals surface area contributed by atoms with E-state index in [2.05, 4.69) is 12.2 Å². The van der Waals surface area contributed by atoms with E-state index in [0.717, 1.165) is 24.0 Å². The van der Waals surface area contributed by atoms with Crippen molar-refractivity contribution < 1.29 is 19.0 Å². The van der Waals surface area contributed by atoms with Crippen molar-refractivity contribution >= 4 is 40.3 Å². The van der Waals surface area contributed by atoms with Crippen LogP contribution in [0.3, 0.4) is 0 Å². The molecule has 1 fully saturated rings. The first kappa shape index (κ1) is 19.3. The number of carbonyl (C=O) groups excluding carboxylic acids is 1. The molecule has 25 heavy (non-hydrogen) atoms. The molecule has 0 bridgehead atoms. The fraction of sp³-hybridized carbons (Fsp3) is 0.333. The zero-order valence-corrected chi connectivity index (χ0v) is 16.3. The van der Waals surface area contributed by atoms with Crippen LogP contribution in [-0.2, 0) is 4.79 Å². The van der Waals surface area contributed by atoms with E-state index in [1.165, 1.54) is 11.8 Å². The number of benzene rings is 1.